The maximum Gasteiger partial charge on any atom is 0.264 e. The molecule has 6 aliphatic rings. The Kier molecular flexibility index (Phi) is 10.3. The van der Waals surface area contributed by atoms with E-state index in [-0.39, 0.29) is 47.1 Å². The molecule has 8 rings (SSSR count). The highest BCUT2D eigenvalue weighted by Crippen LogP contribution is 2.49. The number of hydrogen-bond acceptors (Lipinski definition) is 9. The van der Waals surface area contributed by atoms with Crippen molar-refractivity contribution >= 4 is 39.1 Å². The van der Waals surface area contributed by atoms with Crippen LogP contribution in [0.4, 0.5) is 5.69 Å². The quantitative estimate of drug-likeness (QED) is 0.422. The molecule has 2 amide bonds. The summed E-state index contributed by atoms with van der Waals surface area (Å²) in [6.07, 6.45) is 8.39. The molecular formula is C41H53ClN4O7S. The average Bonchev–Trinajstić information content (AvgIpc) is 3.28. The topological polar surface area (TPSA) is 129 Å². The van der Waals surface area contributed by atoms with Gasteiger partial charge >= 0.3 is 0 Å². The maximum atomic E-state index is 14.1. The molecule has 4 heterocycles. The molecule has 0 aromatic heterocycles. The normalized spacial score (nSPS) is 34.6. The second-order valence-corrected chi connectivity index (χ2v) is 19.3. The number of hydrogen-bond donors (Lipinski definition) is 2. The third-order valence-corrected chi connectivity index (χ3v) is 15.6. The minimum absolute atomic E-state index is 0.0432. The van der Waals surface area contributed by atoms with Crippen LogP contribution in [-0.2, 0) is 31.4 Å². The number of aryl methyl sites for hydroxylation is 1. The van der Waals surface area contributed by atoms with Gasteiger partial charge in [-0.3, -0.25) is 14.5 Å². The molecule has 11 nitrogen and oxygen atoms in total. The van der Waals surface area contributed by atoms with Crippen LogP contribution in [0.3, 0.4) is 0 Å². The van der Waals surface area contributed by atoms with E-state index in [4.69, 9.17) is 21.1 Å². The summed E-state index contributed by atoms with van der Waals surface area (Å²) in [5, 5.41) is 12.5. The van der Waals surface area contributed by atoms with Crippen LogP contribution in [-0.4, -0.2) is 111 Å². The first-order valence-electron chi connectivity index (χ1n) is 19.7. The number of sulfonamides is 1. The third kappa shape index (κ3) is 7.17. The fraction of sp³-hybridized carbons (Fsp3) is 0.610. The highest BCUT2D eigenvalue weighted by molar-refractivity contribution is 7.90. The van der Waals surface area contributed by atoms with Crippen molar-refractivity contribution in [1.82, 2.24) is 14.5 Å². The van der Waals surface area contributed by atoms with Crippen LogP contribution in [0.25, 0.3) is 0 Å². The number of allylic oxidation sites excluding steroid dienone is 1. The number of benzene rings is 2. The molecule has 1 saturated carbocycles. The predicted octanol–water partition coefficient (Wildman–Crippen LogP) is 4.55. The van der Waals surface area contributed by atoms with Crippen LogP contribution < -0.4 is 14.4 Å². The SMILES string of the molecule is C[C@@H]1[C@@H](C)C/C=C\[C@@](O)(CC(=O)N2CCN3CCOC[C@H]3C2)[C@@H]2CC[C@H]2CN2C[C@@]3(CCCc4cc(Cl)ccc43)COc3ccc(cc32)C(=O)NS1(=O)=O. The number of rotatable bonds is 2. The first kappa shape index (κ1) is 37.7. The van der Waals surface area contributed by atoms with E-state index in [1.807, 2.05) is 24.0 Å². The first-order chi connectivity index (χ1) is 25.8. The predicted molar refractivity (Wildman–Crippen MR) is 208 cm³/mol. The van der Waals surface area contributed by atoms with Gasteiger partial charge in [-0.1, -0.05) is 36.7 Å². The van der Waals surface area contributed by atoms with E-state index in [1.165, 1.54) is 11.1 Å². The molecule has 2 aromatic carbocycles. The molecule has 2 bridgehead atoms. The van der Waals surface area contributed by atoms with Crippen molar-refractivity contribution in [3.05, 3.63) is 70.3 Å². The molecular weight excluding hydrogens is 728 g/mol. The van der Waals surface area contributed by atoms with Crippen molar-refractivity contribution in [3.8, 4) is 5.75 Å². The fourth-order valence-electron chi connectivity index (χ4n) is 9.89. The summed E-state index contributed by atoms with van der Waals surface area (Å²) in [5.74, 6) is -0.637. The van der Waals surface area contributed by atoms with Gasteiger partial charge in [-0.05, 0) is 105 Å². The van der Waals surface area contributed by atoms with E-state index in [0.29, 0.717) is 63.2 Å². The molecule has 7 atom stereocenters. The molecule has 1 spiro atoms. The van der Waals surface area contributed by atoms with E-state index in [9.17, 15) is 23.1 Å². The number of aliphatic hydroxyl groups is 1. The largest absolute Gasteiger partial charge is 0.490 e. The van der Waals surface area contributed by atoms with Crippen LogP contribution >= 0.6 is 11.6 Å². The highest BCUT2D eigenvalue weighted by Gasteiger charge is 2.49. The van der Waals surface area contributed by atoms with Gasteiger partial charge in [0.1, 0.15) is 5.75 Å². The van der Waals surface area contributed by atoms with Crippen molar-refractivity contribution in [3.63, 3.8) is 0 Å². The summed E-state index contributed by atoms with van der Waals surface area (Å²) in [6.45, 7) is 9.20. The smallest absolute Gasteiger partial charge is 0.264 e. The lowest BCUT2D eigenvalue weighted by Gasteiger charge is -2.50. The number of nitrogens with zero attached hydrogens (tertiary/aromatic N) is 3. The van der Waals surface area contributed by atoms with E-state index < -0.39 is 26.8 Å². The van der Waals surface area contributed by atoms with E-state index in [0.717, 1.165) is 50.9 Å². The Balaban J connectivity index is 1.16. The molecule has 2 N–H and O–H groups in total. The minimum Gasteiger partial charge on any atom is -0.490 e. The number of carbonyl (C=O) groups excluding carboxylic acids is 2. The van der Waals surface area contributed by atoms with Crippen LogP contribution in [0.1, 0.15) is 73.9 Å². The molecule has 4 aliphatic heterocycles. The van der Waals surface area contributed by atoms with E-state index in [2.05, 4.69) is 26.7 Å². The van der Waals surface area contributed by atoms with Crippen LogP contribution in [0, 0.1) is 17.8 Å². The van der Waals surface area contributed by atoms with Gasteiger partial charge in [0.15, 0.2) is 0 Å². The molecule has 2 aromatic rings. The average molecular weight is 781 g/mol. The van der Waals surface area contributed by atoms with Gasteiger partial charge in [0.2, 0.25) is 15.9 Å². The zero-order chi connectivity index (χ0) is 37.8. The Hall–Kier alpha value is -3.16. The molecule has 292 valence electrons. The first-order valence-corrected chi connectivity index (χ1v) is 21.6. The van der Waals surface area contributed by atoms with Gasteiger partial charge in [0, 0.05) is 55.3 Å². The zero-order valence-electron chi connectivity index (χ0n) is 31.3. The number of piperazine rings is 1. The lowest BCUT2D eigenvalue weighted by Crippen LogP contribution is -2.60. The maximum absolute atomic E-state index is 14.1. The van der Waals surface area contributed by atoms with Crippen molar-refractivity contribution in [1.29, 1.82) is 0 Å². The Bertz CT molecular complexity index is 1930. The number of halogens is 1. The number of amides is 2. The van der Waals surface area contributed by atoms with Crippen molar-refractivity contribution in [2.45, 2.75) is 81.1 Å². The molecule has 3 fully saturated rings. The standard InChI is InChI=1S/C41H53ClN4O7S/c1-27-5-3-14-41(49,21-38(47)45-16-15-44-17-18-52-24-33(44)23-45)35-10-7-31(35)22-46-25-40(13-4-6-29-19-32(42)9-11-34(29)40)26-53-37-12-8-30(20-36(37)46)39(48)43-54(50,51)28(27)2/h3,8-9,11-12,14,19-20,27-28,31,33,35,49H,4-7,10,13,15-18,21-26H2,1-2H3,(H,43,48)/b14-3-/t27-,28+,31-,33+,35+,40-,41+/m0/s1. The van der Waals surface area contributed by atoms with Crippen LogP contribution in [0.5, 0.6) is 5.75 Å². The zero-order valence-corrected chi connectivity index (χ0v) is 32.9. The van der Waals surface area contributed by atoms with E-state index >= 15 is 0 Å². The van der Waals surface area contributed by atoms with Crippen molar-refractivity contribution in [2.24, 2.45) is 17.8 Å². The lowest BCUT2D eigenvalue weighted by atomic mass is 9.63. The Morgan fingerprint density at radius 1 is 1.09 bits per heavy atom. The monoisotopic (exact) mass is 780 g/mol. The number of ether oxygens (including phenoxy) is 2. The van der Waals surface area contributed by atoms with Crippen LogP contribution in [0.15, 0.2) is 48.6 Å². The number of carbonyl (C=O) groups is 2. The third-order valence-electron chi connectivity index (χ3n) is 13.5. The van der Waals surface area contributed by atoms with Gasteiger partial charge in [0.25, 0.3) is 5.91 Å². The number of nitrogens with one attached hydrogen (secondary N) is 1. The molecule has 54 heavy (non-hydrogen) atoms. The van der Waals surface area contributed by atoms with Gasteiger partial charge in [0.05, 0.1) is 48.8 Å². The second-order valence-electron chi connectivity index (χ2n) is 16.8. The van der Waals surface area contributed by atoms with Crippen molar-refractivity contribution in [2.75, 3.05) is 64.0 Å². The van der Waals surface area contributed by atoms with Gasteiger partial charge in [-0.2, -0.15) is 0 Å². The van der Waals surface area contributed by atoms with Gasteiger partial charge < -0.3 is 24.4 Å². The summed E-state index contributed by atoms with van der Waals surface area (Å²) in [5.41, 5.74) is 1.61. The number of anilines is 1. The van der Waals surface area contributed by atoms with E-state index in [1.54, 1.807) is 31.2 Å². The fourth-order valence-corrected chi connectivity index (χ4v) is 11.4. The highest BCUT2D eigenvalue weighted by atomic mass is 35.5. The van der Waals surface area contributed by atoms with Gasteiger partial charge in [-0.25, -0.2) is 13.1 Å². The number of morpholine rings is 1. The van der Waals surface area contributed by atoms with Crippen molar-refractivity contribution < 1.29 is 32.6 Å². The van der Waals surface area contributed by atoms with Gasteiger partial charge in [-0.15, -0.1) is 0 Å². The van der Waals surface area contributed by atoms with Crippen LogP contribution in [0.2, 0.25) is 5.02 Å². The molecule has 0 unspecified atom stereocenters. The second kappa shape index (κ2) is 14.7. The summed E-state index contributed by atoms with van der Waals surface area (Å²) < 4.78 is 41.8. The summed E-state index contributed by atoms with van der Waals surface area (Å²) in [4.78, 5) is 34.3. The Labute approximate surface area is 324 Å². The minimum atomic E-state index is -4.04. The summed E-state index contributed by atoms with van der Waals surface area (Å²) >= 11 is 6.47. The molecule has 13 heteroatoms. The Morgan fingerprint density at radius 3 is 2.76 bits per heavy atom. The molecule has 2 aliphatic carbocycles. The summed E-state index contributed by atoms with van der Waals surface area (Å²) in [6, 6.07) is 11.4. The molecule has 2 saturated heterocycles. The Morgan fingerprint density at radius 2 is 1.94 bits per heavy atom. The lowest BCUT2D eigenvalue weighted by molar-refractivity contribution is -0.145. The number of fused-ring (bicyclic) bond motifs is 5. The molecule has 0 radical (unpaired) electrons. The summed E-state index contributed by atoms with van der Waals surface area (Å²) in [7, 11) is -4.04.